The number of carbonyl (C=O) groups excluding carboxylic acids is 1. The smallest absolute Gasteiger partial charge is 0.228 e. The standard InChI is InChI=1S/C8H13NO2/c10-5-6-3-4-9(8(6)11)7-1-2-7/h6-7,10H,1-5H2. The van der Waals surface area contributed by atoms with Crippen LogP contribution < -0.4 is 0 Å². The van der Waals surface area contributed by atoms with Gasteiger partial charge >= 0.3 is 0 Å². The Morgan fingerprint density at radius 1 is 1.45 bits per heavy atom. The molecule has 0 aromatic heterocycles. The summed E-state index contributed by atoms with van der Waals surface area (Å²) in [6, 6.07) is 0.527. The van der Waals surface area contributed by atoms with E-state index < -0.39 is 0 Å². The Balaban J connectivity index is 1.99. The summed E-state index contributed by atoms with van der Waals surface area (Å²) >= 11 is 0. The monoisotopic (exact) mass is 155 g/mol. The minimum atomic E-state index is -0.0874. The van der Waals surface area contributed by atoms with Gasteiger partial charge in [0.15, 0.2) is 0 Å². The molecule has 1 amide bonds. The first kappa shape index (κ1) is 7.10. The van der Waals surface area contributed by atoms with Crippen LogP contribution in [0.5, 0.6) is 0 Å². The second kappa shape index (κ2) is 2.48. The van der Waals surface area contributed by atoms with Crippen molar-refractivity contribution in [3.8, 4) is 0 Å². The molecule has 1 saturated carbocycles. The maximum atomic E-state index is 11.4. The average molecular weight is 155 g/mol. The second-order valence-corrected chi connectivity index (χ2v) is 3.43. The molecule has 1 aliphatic carbocycles. The molecule has 0 radical (unpaired) electrons. The van der Waals surface area contributed by atoms with Crippen molar-refractivity contribution in [2.45, 2.75) is 25.3 Å². The van der Waals surface area contributed by atoms with E-state index in [0.717, 1.165) is 13.0 Å². The lowest BCUT2D eigenvalue weighted by Gasteiger charge is -2.14. The van der Waals surface area contributed by atoms with Crippen molar-refractivity contribution in [2.24, 2.45) is 5.92 Å². The van der Waals surface area contributed by atoms with Crippen molar-refractivity contribution in [3.63, 3.8) is 0 Å². The fraction of sp³-hybridized carbons (Fsp3) is 0.875. The highest BCUT2D eigenvalue weighted by Crippen LogP contribution is 2.32. The van der Waals surface area contributed by atoms with Crippen LogP contribution in [0.15, 0.2) is 0 Å². The van der Waals surface area contributed by atoms with Crippen molar-refractivity contribution in [1.29, 1.82) is 0 Å². The minimum absolute atomic E-state index is 0.0298. The summed E-state index contributed by atoms with van der Waals surface area (Å²) in [4.78, 5) is 13.3. The van der Waals surface area contributed by atoms with E-state index in [0.29, 0.717) is 6.04 Å². The SMILES string of the molecule is O=C1C(CO)CCN1C1CC1. The quantitative estimate of drug-likeness (QED) is 0.609. The zero-order valence-electron chi connectivity index (χ0n) is 6.49. The molecular weight excluding hydrogens is 142 g/mol. The highest BCUT2D eigenvalue weighted by molar-refractivity contribution is 5.81. The molecule has 0 spiro atoms. The number of aliphatic hydroxyl groups excluding tert-OH is 1. The lowest BCUT2D eigenvalue weighted by Crippen LogP contribution is -2.30. The zero-order valence-corrected chi connectivity index (χ0v) is 6.49. The lowest BCUT2D eigenvalue weighted by molar-refractivity contribution is -0.132. The van der Waals surface area contributed by atoms with Crippen LogP contribution in [-0.4, -0.2) is 35.1 Å². The van der Waals surface area contributed by atoms with Crippen molar-refractivity contribution in [3.05, 3.63) is 0 Å². The molecule has 2 fully saturated rings. The molecular formula is C8H13NO2. The van der Waals surface area contributed by atoms with E-state index in [9.17, 15) is 4.79 Å². The number of likely N-dealkylation sites (tertiary alicyclic amines) is 1. The van der Waals surface area contributed by atoms with Gasteiger partial charge in [0.05, 0.1) is 12.5 Å². The highest BCUT2D eigenvalue weighted by Gasteiger charge is 2.39. The van der Waals surface area contributed by atoms with Crippen LogP contribution >= 0.6 is 0 Å². The summed E-state index contributed by atoms with van der Waals surface area (Å²) in [7, 11) is 0. The summed E-state index contributed by atoms with van der Waals surface area (Å²) in [6.07, 6.45) is 3.19. The van der Waals surface area contributed by atoms with Gasteiger partial charge in [-0.2, -0.15) is 0 Å². The average Bonchev–Trinajstić information content (AvgIpc) is 2.77. The fourth-order valence-corrected chi connectivity index (χ4v) is 1.68. The largest absolute Gasteiger partial charge is 0.396 e. The van der Waals surface area contributed by atoms with E-state index >= 15 is 0 Å². The van der Waals surface area contributed by atoms with Crippen LogP contribution in [-0.2, 0) is 4.79 Å². The van der Waals surface area contributed by atoms with Crippen LogP contribution in [0.25, 0.3) is 0 Å². The van der Waals surface area contributed by atoms with Gasteiger partial charge in [-0.1, -0.05) is 0 Å². The Hall–Kier alpha value is -0.570. The molecule has 1 aliphatic heterocycles. The number of hydrogen-bond acceptors (Lipinski definition) is 2. The molecule has 1 atom stereocenters. The Kier molecular flexibility index (Phi) is 1.60. The van der Waals surface area contributed by atoms with Crippen molar-refractivity contribution >= 4 is 5.91 Å². The van der Waals surface area contributed by atoms with E-state index in [-0.39, 0.29) is 18.4 Å². The van der Waals surface area contributed by atoms with Gasteiger partial charge < -0.3 is 10.0 Å². The molecule has 1 saturated heterocycles. The molecule has 62 valence electrons. The van der Waals surface area contributed by atoms with E-state index in [1.54, 1.807) is 0 Å². The first-order valence-corrected chi connectivity index (χ1v) is 4.24. The topological polar surface area (TPSA) is 40.5 Å². The maximum absolute atomic E-state index is 11.4. The van der Waals surface area contributed by atoms with Crippen molar-refractivity contribution in [1.82, 2.24) is 4.90 Å². The molecule has 2 rings (SSSR count). The molecule has 1 unspecified atom stereocenters. The Bertz CT molecular complexity index is 177. The minimum Gasteiger partial charge on any atom is -0.396 e. The van der Waals surface area contributed by atoms with Gasteiger partial charge in [0, 0.05) is 12.6 Å². The molecule has 1 N–H and O–H groups in total. The summed E-state index contributed by atoms with van der Waals surface area (Å²) in [5, 5.41) is 8.81. The lowest BCUT2D eigenvalue weighted by atomic mass is 10.1. The third-order valence-electron chi connectivity index (χ3n) is 2.56. The first-order valence-electron chi connectivity index (χ1n) is 4.24. The zero-order chi connectivity index (χ0) is 7.84. The molecule has 0 aromatic carbocycles. The number of aliphatic hydroxyl groups is 1. The van der Waals surface area contributed by atoms with Gasteiger partial charge in [0.1, 0.15) is 0 Å². The van der Waals surface area contributed by atoms with E-state index in [4.69, 9.17) is 5.11 Å². The fourth-order valence-electron chi connectivity index (χ4n) is 1.68. The number of hydrogen-bond donors (Lipinski definition) is 1. The van der Waals surface area contributed by atoms with Gasteiger partial charge in [-0.25, -0.2) is 0 Å². The van der Waals surface area contributed by atoms with Crippen molar-refractivity contribution < 1.29 is 9.90 Å². The summed E-state index contributed by atoms with van der Waals surface area (Å²) in [5.74, 6) is 0.0885. The Morgan fingerprint density at radius 2 is 2.18 bits per heavy atom. The van der Waals surface area contributed by atoms with Crippen LogP contribution in [0.4, 0.5) is 0 Å². The van der Waals surface area contributed by atoms with Gasteiger partial charge in [-0.3, -0.25) is 4.79 Å². The number of amides is 1. The van der Waals surface area contributed by atoms with Gasteiger partial charge in [-0.05, 0) is 19.3 Å². The number of nitrogens with zero attached hydrogens (tertiary/aromatic N) is 1. The highest BCUT2D eigenvalue weighted by atomic mass is 16.3. The van der Waals surface area contributed by atoms with Crippen LogP contribution in [0.2, 0.25) is 0 Å². The molecule has 2 aliphatic rings. The molecule has 0 bridgehead atoms. The summed E-state index contributed by atoms with van der Waals surface area (Å²) in [5.41, 5.74) is 0. The summed E-state index contributed by atoms with van der Waals surface area (Å²) in [6.45, 7) is 0.900. The molecule has 0 aromatic rings. The van der Waals surface area contributed by atoms with E-state index in [1.165, 1.54) is 12.8 Å². The third kappa shape index (κ3) is 1.13. The van der Waals surface area contributed by atoms with E-state index in [2.05, 4.69) is 0 Å². The second-order valence-electron chi connectivity index (χ2n) is 3.43. The molecule has 11 heavy (non-hydrogen) atoms. The van der Waals surface area contributed by atoms with Gasteiger partial charge in [0.25, 0.3) is 0 Å². The van der Waals surface area contributed by atoms with Crippen molar-refractivity contribution in [2.75, 3.05) is 13.2 Å². The third-order valence-corrected chi connectivity index (χ3v) is 2.56. The number of carbonyl (C=O) groups is 1. The molecule has 1 heterocycles. The predicted octanol–water partition coefficient (Wildman–Crippen LogP) is -0.0104. The van der Waals surface area contributed by atoms with E-state index in [1.807, 2.05) is 4.90 Å². The Labute approximate surface area is 66.0 Å². The maximum Gasteiger partial charge on any atom is 0.228 e. The normalized spacial score (nSPS) is 31.5. The van der Waals surface area contributed by atoms with Crippen LogP contribution in [0.3, 0.4) is 0 Å². The van der Waals surface area contributed by atoms with Gasteiger partial charge in [-0.15, -0.1) is 0 Å². The molecule has 3 nitrogen and oxygen atoms in total. The first-order chi connectivity index (χ1) is 5.33. The van der Waals surface area contributed by atoms with Crippen LogP contribution in [0, 0.1) is 5.92 Å². The number of rotatable bonds is 2. The van der Waals surface area contributed by atoms with Gasteiger partial charge in [0.2, 0.25) is 5.91 Å². The molecule has 3 heteroatoms. The predicted molar refractivity (Wildman–Crippen MR) is 39.9 cm³/mol. The van der Waals surface area contributed by atoms with Crippen LogP contribution in [0.1, 0.15) is 19.3 Å². The Morgan fingerprint density at radius 3 is 2.64 bits per heavy atom. The summed E-state index contributed by atoms with van der Waals surface area (Å²) < 4.78 is 0.